The number of nitrogens with one attached hydrogen (secondary N) is 1. The van der Waals surface area contributed by atoms with E-state index < -0.39 is 17.0 Å². The molecule has 0 radical (unpaired) electrons. The molecule has 1 heterocycles. The number of benzene rings is 1. The molecule has 0 spiro atoms. The van der Waals surface area contributed by atoms with E-state index in [1.165, 1.54) is 0 Å². The molecule has 1 aliphatic heterocycles. The number of carbonyl (C=O) groups excluding carboxylic acids is 2. The fraction of sp³-hybridized carbons (Fsp3) is 0.429. The number of amides is 3. The number of nitrogens with zero attached hydrogens (tertiary/aromatic N) is 1. The van der Waals surface area contributed by atoms with Gasteiger partial charge < -0.3 is 5.32 Å². The minimum absolute atomic E-state index is 0.255. The van der Waals surface area contributed by atoms with E-state index in [-0.39, 0.29) is 5.91 Å². The highest BCUT2D eigenvalue weighted by molar-refractivity contribution is 6.35. The lowest BCUT2D eigenvalue weighted by Crippen LogP contribution is -2.69. The fourth-order valence-electron chi connectivity index (χ4n) is 1.97. The molecule has 0 aromatic heterocycles. The Labute approximate surface area is 117 Å². The summed E-state index contributed by atoms with van der Waals surface area (Å²) >= 11 is 6.08. The van der Waals surface area contributed by atoms with Crippen LogP contribution in [0.1, 0.15) is 27.7 Å². The highest BCUT2D eigenvalue weighted by atomic mass is 35.5. The Kier molecular flexibility index (Phi) is 3.09. The molecular formula is C14H17ClN2O2. The van der Waals surface area contributed by atoms with Gasteiger partial charge in [0.1, 0.15) is 0 Å². The Bertz CT molecular complexity index is 552. The van der Waals surface area contributed by atoms with E-state index in [0.29, 0.717) is 10.7 Å². The van der Waals surface area contributed by atoms with E-state index in [0.717, 1.165) is 4.90 Å². The Morgan fingerprint density at radius 1 is 1.11 bits per heavy atom. The van der Waals surface area contributed by atoms with E-state index in [2.05, 4.69) is 5.32 Å². The zero-order valence-electron chi connectivity index (χ0n) is 11.5. The number of hydrogen-bond acceptors (Lipinski definition) is 2. The van der Waals surface area contributed by atoms with Gasteiger partial charge in [-0.05, 0) is 39.8 Å². The molecule has 5 heteroatoms. The maximum atomic E-state index is 12.6. The predicted octanol–water partition coefficient (Wildman–Crippen LogP) is 3.20. The van der Waals surface area contributed by atoms with Crippen molar-refractivity contribution in [3.63, 3.8) is 0 Å². The number of anilines is 1. The van der Waals surface area contributed by atoms with Gasteiger partial charge in [0, 0.05) is 0 Å². The molecule has 0 aliphatic carbocycles. The molecule has 4 nitrogen and oxygen atoms in total. The van der Waals surface area contributed by atoms with Gasteiger partial charge in [0.2, 0.25) is 5.91 Å². The molecule has 3 amide bonds. The molecule has 1 fully saturated rings. The molecule has 1 aliphatic rings. The molecule has 1 aromatic carbocycles. The first-order valence-electron chi connectivity index (χ1n) is 6.10. The summed E-state index contributed by atoms with van der Waals surface area (Å²) in [7, 11) is 0. The van der Waals surface area contributed by atoms with Crippen LogP contribution in [0.5, 0.6) is 0 Å². The molecule has 19 heavy (non-hydrogen) atoms. The molecule has 0 unspecified atom stereocenters. The second-order valence-corrected chi connectivity index (χ2v) is 6.18. The fourth-order valence-corrected chi connectivity index (χ4v) is 2.19. The standard InChI is InChI=1S/C14H17ClN2O2/c1-13(2)11(18)17(12(19)16-14(13,3)4)10-8-6-5-7-9(10)15/h5-8H,1-4H3,(H,16,19). The van der Waals surface area contributed by atoms with E-state index in [1.54, 1.807) is 24.3 Å². The summed E-state index contributed by atoms with van der Waals surface area (Å²) in [4.78, 5) is 25.9. The largest absolute Gasteiger partial charge is 0.331 e. The minimum Gasteiger partial charge on any atom is -0.331 e. The van der Waals surface area contributed by atoms with Gasteiger partial charge in [0.15, 0.2) is 0 Å². The van der Waals surface area contributed by atoms with Crippen LogP contribution in [0, 0.1) is 5.41 Å². The minimum atomic E-state index is -0.722. The van der Waals surface area contributed by atoms with Crippen LogP contribution < -0.4 is 10.2 Å². The highest BCUT2D eigenvalue weighted by Gasteiger charge is 2.52. The van der Waals surface area contributed by atoms with E-state index in [9.17, 15) is 9.59 Å². The van der Waals surface area contributed by atoms with Crippen LogP contribution in [-0.4, -0.2) is 17.5 Å². The zero-order valence-corrected chi connectivity index (χ0v) is 12.2. The Hall–Kier alpha value is -1.55. The summed E-state index contributed by atoms with van der Waals surface area (Å²) in [5.74, 6) is -0.255. The number of imide groups is 1. The van der Waals surface area contributed by atoms with Gasteiger partial charge in [-0.15, -0.1) is 0 Å². The average Bonchev–Trinajstić information content (AvgIpc) is 2.29. The lowest BCUT2D eigenvalue weighted by Gasteiger charge is -2.48. The molecule has 1 aromatic rings. The van der Waals surface area contributed by atoms with Crippen molar-refractivity contribution in [2.75, 3.05) is 4.90 Å². The Balaban J connectivity index is 2.52. The third-order valence-corrected chi connectivity index (χ3v) is 4.34. The summed E-state index contributed by atoms with van der Waals surface area (Å²) in [5.41, 5.74) is -0.922. The van der Waals surface area contributed by atoms with Gasteiger partial charge in [-0.3, -0.25) is 4.79 Å². The van der Waals surface area contributed by atoms with Gasteiger partial charge >= 0.3 is 6.03 Å². The van der Waals surface area contributed by atoms with Crippen molar-refractivity contribution < 1.29 is 9.59 Å². The van der Waals surface area contributed by atoms with Crippen LogP contribution in [0.15, 0.2) is 24.3 Å². The quantitative estimate of drug-likeness (QED) is 0.859. The van der Waals surface area contributed by atoms with Crippen LogP contribution in [0.2, 0.25) is 5.02 Å². The molecule has 1 N–H and O–H groups in total. The third kappa shape index (κ3) is 2.00. The van der Waals surface area contributed by atoms with Crippen LogP contribution in [0.25, 0.3) is 0 Å². The first kappa shape index (κ1) is 13.9. The van der Waals surface area contributed by atoms with Crippen LogP contribution >= 0.6 is 11.6 Å². The summed E-state index contributed by atoms with van der Waals surface area (Å²) in [6, 6.07) is 6.38. The lowest BCUT2D eigenvalue weighted by atomic mass is 9.72. The van der Waals surface area contributed by atoms with Crippen molar-refractivity contribution in [3.05, 3.63) is 29.3 Å². The third-order valence-electron chi connectivity index (χ3n) is 4.02. The molecule has 0 bridgehead atoms. The van der Waals surface area contributed by atoms with Gasteiger partial charge in [-0.25, -0.2) is 9.69 Å². The van der Waals surface area contributed by atoms with E-state index in [4.69, 9.17) is 11.6 Å². The predicted molar refractivity (Wildman–Crippen MR) is 75.3 cm³/mol. The SMILES string of the molecule is CC1(C)NC(=O)N(c2ccccc2Cl)C(=O)C1(C)C. The monoisotopic (exact) mass is 280 g/mol. The van der Waals surface area contributed by atoms with Gasteiger partial charge in [0.05, 0.1) is 21.7 Å². The molecule has 0 atom stereocenters. The number of urea groups is 1. The number of hydrogen-bond donors (Lipinski definition) is 1. The van der Waals surface area contributed by atoms with Crippen LogP contribution in [0.4, 0.5) is 10.5 Å². The van der Waals surface area contributed by atoms with Crippen LogP contribution in [-0.2, 0) is 4.79 Å². The number of carbonyl (C=O) groups is 2. The lowest BCUT2D eigenvalue weighted by molar-refractivity contribution is -0.130. The van der Waals surface area contributed by atoms with Crippen molar-refractivity contribution in [2.45, 2.75) is 33.2 Å². The molecular weight excluding hydrogens is 264 g/mol. The smallest absolute Gasteiger partial charge is 0.329 e. The zero-order chi connectivity index (χ0) is 14.4. The Morgan fingerprint density at radius 3 is 2.26 bits per heavy atom. The van der Waals surface area contributed by atoms with Crippen molar-refractivity contribution >= 4 is 29.2 Å². The number of halogens is 1. The summed E-state index contributed by atoms with van der Waals surface area (Å²) < 4.78 is 0. The number of rotatable bonds is 1. The van der Waals surface area contributed by atoms with Crippen molar-refractivity contribution in [1.29, 1.82) is 0 Å². The molecule has 102 valence electrons. The van der Waals surface area contributed by atoms with Crippen molar-refractivity contribution in [3.8, 4) is 0 Å². The summed E-state index contributed by atoms with van der Waals surface area (Å²) in [6.45, 7) is 7.32. The highest BCUT2D eigenvalue weighted by Crippen LogP contribution is 2.39. The van der Waals surface area contributed by atoms with Gasteiger partial charge in [-0.2, -0.15) is 0 Å². The maximum absolute atomic E-state index is 12.6. The van der Waals surface area contributed by atoms with Crippen LogP contribution in [0.3, 0.4) is 0 Å². The second kappa shape index (κ2) is 4.23. The van der Waals surface area contributed by atoms with Gasteiger partial charge in [-0.1, -0.05) is 23.7 Å². The first-order valence-corrected chi connectivity index (χ1v) is 6.47. The molecule has 1 saturated heterocycles. The molecule has 2 rings (SSSR count). The van der Waals surface area contributed by atoms with E-state index >= 15 is 0 Å². The summed E-state index contributed by atoms with van der Waals surface area (Å²) in [6.07, 6.45) is 0. The number of para-hydroxylation sites is 1. The summed E-state index contributed by atoms with van der Waals surface area (Å²) in [5, 5.41) is 3.24. The van der Waals surface area contributed by atoms with E-state index in [1.807, 2.05) is 27.7 Å². The topological polar surface area (TPSA) is 49.4 Å². The first-order chi connectivity index (χ1) is 8.68. The second-order valence-electron chi connectivity index (χ2n) is 5.77. The normalized spacial score (nSPS) is 21.2. The van der Waals surface area contributed by atoms with Crippen molar-refractivity contribution in [1.82, 2.24) is 5.32 Å². The molecule has 0 saturated carbocycles. The van der Waals surface area contributed by atoms with Crippen molar-refractivity contribution in [2.24, 2.45) is 5.41 Å². The average molecular weight is 281 g/mol. The Morgan fingerprint density at radius 2 is 1.68 bits per heavy atom. The maximum Gasteiger partial charge on any atom is 0.329 e. The van der Waals surface area contributed by atoms with Gasteiger partial charge in [0.25, 0.3) is 0 Å².